The average molecular weight is 379 g/mol. The maximum absolute atomic E-state index is 11.6. The lowest BCUT2D eigenvalue weighted by atomic mass is 9.69. The zero-order valence-electron chi connectivity index (χ0n) is 15.9. The van der Waals surface area contributed by atoms with Crippen molar-refractivity contribution in [3.8, 4) is 0 Å². The van der Waals surface area contributed by atoms with Gasteiger partial charge in [0.25, 0.3) is 0 Å². The first kappa shape index (κ1) is 18.4. The molecule has 0 aliphatic carbocycles. The molecule has 0 bridgehead atoms. The highest BCUT2D eigenvalue weighted by atomic mass is 16.1. The second-order valence-electron chi connectivity index (χ2n) is 6.84. The fraction of sp³-hybridized carbons (Fsp3) is 0.0400. The van der Waals surface area contributed by atoms with Crippen LogP contribution in [0.5, 0.6) is 0 Å². The van der Waals surface area contributed by atoms with Gasteiger partial charge in [0.2, 0.25) is 5.91 Å². The van der Waals surface area contributed by atoms with E-state index >= 15 is 0 Å². The van der Waals surface area contributed by atoms with E-state index in [4.69, 9.17) is 10.7 Å². The van der Waals surface area contributed by atoms with Crippen LogP contribution in [0.1, 0.15) is 28.2 Å². The van der Waals surface area contributed by atoms with Crippen LogP contribution in [0, 0.1) is 0 Å². The fourth-order valence-electron chi connectivity index (χ4n) is 3.77. The van der Waals surface area contributed by atoms with E-state index in [0.717, 1.165) is 16.7 Å². The van der Waals surface area contributed by atoms with Gasteiger partial charge < -0.3 is 10.7 Å². The van der Waals surface area contributed by atoms with Crippen LogP contribution in [0.15, 0.2) is 104 Å². The van der Waals surface area contributed by atoms with Gasteiger partial charge in [-0.2, -0.15) is 0 Å². The van der Waals surface area contributed by atoms with E-state index in [2.05, 4.69) is 48.0 Å². The predicted octanol–water partition coefficient (Wildman–Crippen LogP) is 4.29. The molecule has 29 heavy (non-hydrogen) atoms. The Kier molecular flexibility index (Phi) is 4.83. The minimum atomic E-state index is -0.694. The fourth-order valence-corrected chi connectivity index (χ4v) is 3.77. The summed E-state index contributed by atoms with van der Waals surface area (Å²) in [4.78, 5) is 19.7. The molecule has 0 spiro atoms. The van der Waals surface area contributed by atoms with Gasteiger partial charge in [-0.15, -0.1) is 0 Å². The van der Waals surface area contributed by atoms with Crippen LogP contribution in [0.4, 0.5) is 0 Å². The Balaban J connectivity index is 2.07. The molecule has 0 aliphatic rings. The Bertz CT molecular complexity index is 1040. The third-order valence-electron chi connectivity index (χ3n) is 5.17. The normalized spacial score (nSPS) is 11.2. The number of nitrogens with two attached hydrogens (primary N) is 1. The SMILES string of the molecule is C=C(C(N)=O)c1cnc(C(c2ccccc2)(c2ccccc2)c2ccccc2)[nH]1. The summed E-state index contributed by atoms with van der Waals surface area (Å²) in [5.74, 6) is 0.114. The second kappa shape index (κ2) is 7.60. The molecular formula is C25H21N3O. The maximum atomic E-state index is 11.6. The van der Waals surface area contributed by atoms with E-state index in [-0.39, 0.29) is 5.57 Å². The largest absolute Gasteiger partial charge is 0.366 e. The molecule has 1 amide bonds. The van der Waals surface area contributed by atoms with Crippen molar-refractivity contribution >= 4 is 11.5 Å². The van der Waals surface area contributed by atoms with Crippen molar-refractivity contribution in [1.29, 1.82) is 0 Å². The molecule has 1 heterocycles. The van der Waals surface area contributed by atoms with Crippen molar-refractivity contribution < 1.29 is 4.79 Å². The quantitative estimate of drug-likeness (QED) is 0.387. The van der Waals surface area contributed by atoms with Crippen LogP contribution in [0.25, 0.3) is 5.57 Å². The molecule has 4 heteroatoms. The van der Waals surface area contributed by atoms with E-state index in [0.29, 0.717) is 11.5 Å². The molecule has 0 radical (unpaired) electrons. The summed E-state index contributed by atoms with van der Waals surface area (Å²) in [5.41, 5.74) is 8.63. The molecule has 0 unspecified atom stereocenters. The number of nitrogens with one attached hydrogen (secondary N) is 1. The van der Waals surface area contributed by atoms with Crippen molar-refractivity contribution in [2.24, 2.45) is 5.73 Å². The highest BCUT2D eigenvalue weighted by Gasteiger charge is 2.41. The molecule has 142 valence electrons. The van der Waals surface area contributed by atoms with E-state index in [1.807, 2.05) is 54.6 Å². The second-order valence-corrected chi connectivity index (χ2v) is 6.84. The summed E-state index contributed by atoms with van der Waals surface area (Å²) < 4.78 is 0. The monoisotopic (exact) mass is 379 g/mol. The van der Waals surface area contributed by atoms with Crippen molar-refractivity contribution in [2.75, 3.05) is 0 Å². The van der Waals surface area contributed by atoms with Crippen LogP contribution in [-0.4, -0.2) is 15.9 Å². The lowest BCUT2D eigenvalue weighted by Gasteiger charge is -2.34. The number of rotatable bonds is 6. The number of H-pyrrole nitrogens is 1. The van der Waals surface area contributed by atoms with E-state index in [1.54, 1.807) is 6.20 Å². The summed E-state index contributed by atoms with van der Waals surface area (Å²) >= 11 is 0. The van der Waals surface area contributed by atoms with Gasteiger partial charge in [0, 0.05) is 0 Å². The number of carbonyl (C=O) groups excluding carboxylic acids is 1. The highest BCUT2D eigenvalue weighted by Crippen LogP contribution is 2.43. The zero-order chi connectivity index (χ0) is 20.3. The number of benzene rings is 3. The Morgan fingerprint density at radius 2 is 1.21 bits per heavy atom. The molecule has 3 aromatic carbocycles. The lowest BCUT2D eigenvalue weighted by Crippen LogP contribution is -2.32. The molecule has 3 N–H and O–H groups in total. The van der Waals surface area contributed by atoms with E-state index < -0.39 is 11.3 Å². The maximum Gasteiger partial charge on any atom is 0.250 e. The van der Waals surface area contributed by atoms with Gasteiger partial charge in [0.1, 0.15) is 11.2 Å². The van der Waals surface area contributed by atoms with Crippen LogP contribution in [0.3, 0.4) is 0 Å². The van der Waals surface area contributed by atoms with Crippen molar-refractivity contribution in [3.63, 3.8) is 0 Å². The van der Waals surface area contributed by atoms with Crippen molar-refractivity contribution in [1.82, 2.24) is 9.97 Å². The number of hydrogen-bond donors (Lipinski definition) is 2. The number of primary amides is 1. The predicted molar refractivity (Wildman–Crippen MR) is 115 cm³/mol. The van der Waals surface area contributed by atoms with Crippen LogP contribution in [0.2, 0.25) is 0 Å². The third-order valence-corrected chi connectivity index (χ3v) is 5.17. The first-order valence-electron chi connectivity index (χ1n) is 9.35. The topological polar surface area (TPSA) is 71.8 Å². The zero-order valence-corrected chi connectivity index (χ0v) is 15.9. The molecule has 0 atom stereocenters. The summed E-state index contributed by atoms with van der Waals surface area (Å²) in [7, 11) is 0. The Morgan fingerprint density at radius 1 is 0.793 bits per heavy atom. The van der Waals surface area contributed by atoms with Crippen LogP contribution >= 0.6 is 0 Å². The van der Waals surface area contributed by atoms with Gasteiger partial charge in [-0.3, -0.25) is 4.79 Å². The molecule has 0 saturated heterocycles. The Labute approximate surface area is 169 Å². The van der Waals surface area contributed by atoms with Gasteiger partial charge in [0.05, 0.1) is 17.5 Å². The number of aromatic nitrogens is 2. The van der Waals surface area contributed by atoms with E-state index in [1.165, 1.54) is 0 Å². The van der Waals surface area contributed by atoms with Gasteiger partial charge in [-0.05, 0) is 16.7 Å². The molecule has 1 aromatic heterocycles. The highest BCUT2D eigenvalue weighted by molar-refractivity contribution is 6.17. The molecule has 0 saturated carbocycles. The van der Waals surface area contributed by atoms with Crippen LogP contribution in [-0.2, 0) is 10.2 Å². The third kappa shape index (κ3) is 3.15. The summed E-state index contributed by atoms with van der Waals surface area (Å²) in [6.07, 6.45) is 1.62. The number of carbonyl (C=O) groups is 1. The smallest absolute Gasteiger partial charge is 0.250 e. The van der Waals surface area contributed by atoms with Gasteiger partial charge in [-0.25, -0.2) is 4.98 Å². The molecule has 4 rings (SSSR count). The van der Waals surface area contributed by atoms with Crippen molar-refractivity contribution in [3.05, 3.63) is 132 Å². The van der Waals surface area contributed by atoms with Crippen LogP contribution < -0.4 is 5.73 Å². The van der Waals surface area contributed by atoms with E-state index in [9.17, 15) is 4.79 Å². The molecule has 4 nitrogen and oxygen atoms in total. The summed E-state index contributed by atoms with van der Waals surface area (Å²) in [6.45, 7) is 3.79. The summed E-state index contributed by atoms with van der Waals surface area (Å²) in [6, 6.07) is 30.6. The number of aromatic amines is 1. The van der Waals surface area contributed by atoms with Gasteiger partial charge in [0.15, 0.2) is 0 Å². The first-order valence-corrected chi connectivity index (χ1v) is 9.35. The van der Waals surface area contributed by atoms with Gasteiger partial charge >= 0.3 is 0 Å². The first-order chi connectivity index (χ1) is 14.1. The summed E-state index contributed by atoms with van der Waals surface area (Å²) in [5, 5.41) is 0. The Morgan fingerprint density at radius 3 is 1.59 bits per heavy atom. The van der Waals surface area contributed by atoms with Crippen molar-refractivity contribution in [2.45, 2.75) is 5.41 Å². The number of hydrogen-bond acceptors (Lipinski definition) is 2. The molecule has 0 fully saturated rings. The standard InChI is InChI=1S/C25H21N3O/c1-18(23(26)29)22-17-27-24(28-22)25(19-11-5-2-6-12-19,20-13-7-3-8-14-20)21-15-9-4-10-16-21/h2-17H,1H2,(H2,26,29)(H,27,28). The minimum Gasteiger partial charge on any atom is -0.366 e. The molecule has 4 aromatic rings. The molecular weight excluding hydrogens is 358 g/mol. The lowest BCUT2D eigenvalue weighted by molar-refractivity contribution is -0.112. The average Bonchev–Trinajstić information content (AvgIpc) is 3.26. The number of imidazole rings is 1. The Hall–Kier alpha value is -3.92. The number of nitrogens with zero attached hydrogens (tertiary/aromatic N) is 1. The number of amides is 1. The molecule has 0 aliphatic heterocycles. The minimum absolute atomic E-state index is 0.201. The van der Waals surface area contributed by atoms with Gasteiger partial charge in [-0.1, -0.05) is 97.6 Å².